The van der Waals surface area contributed by atoms with Gasteiger partial charge in [0.25, 0.3) is 5.56 Å². The summed E-state index contributed by atoms with van der Waals surface area (Å²) in [5.74, 6) is -0.479. The number of esters is 1. The van der Waals surface area contributed by atoms with Crippen LogP contribution in [0, 0.1) is 0 Å². The third kappa shape index (κ3) is 4.78. The number of rotatable bonds is 6. The van der Waals surface area contributed by atoms with Gasteiger partial charge in [-0.3, -0.25) is 9.36 Å². The monoisotopic (exact) mass is 509 g/mol. The number of carbonyl (C=O) groups excluding carboxylic acids is 1. The molecule has 3 aromatic carbocycles. The lowest BCUT2D eigenvalue weighted by Crippen LogP contribution is -2.39. The highest BCUT2D eigenvalue weighted by Gasteiger charge is 2.35. The van der Waals surface area contributed by atoms with Crippen LogP contribution in [0.15, 0.2) is 100 Å². The first-order valence-electron chi connectivity index (χ1n) is 12.1. The Hall–Kier alpha value is -4.23. The van der Waals surface area contributed by atoms with Gasteiger partial charge in [0.15, 0.2) is 4.80 Å². The van der Waals surface area contributed by atoms with Gasteiger partial charge in [0, 0.05) is 25.3 Å². The Morgan fingerprint density at radius 3 is 2.27 bits per heavy atom. The molecule has 0 N–H and O–H groups in total. The fraction of sp³-hybridized carbons (Fsp3) is 0.167. The molecule has 4 aromatic rings. The van der Waals surface area contributed by atoms with Gasteiger partial charge in [0.05, 0.1) is 28.5 Å². The number of benzene rings is 3. The number of hydrogen-bond donors (Lipinski definition) is 0. The molecule has 0 saturated heterocycles. The van der Waals surface area contributed by atoms with Crippen molar-refractivity contribution in [3.63, 3.8) is 0 Å². The molecule has 0 unspecified atom stereocenters. The lowest BCUT2D eigenvalue weighted by molar-refractivity contribution is -0.138. The number of hydrogen-bond acceptors (Lipinski definition) is 6. The van der Waals surface area contributed by atoms with Gasteiger partial charge in [-0.1, -0.05) is 84.1 Å². The van der Waals surface area contributed by atoms with Crippen molar-refractivity contribution in [3.05, 3.63) is 127 Å². The Bertz CT molecular complexity index is 1630. The minimum Gasteiger partial charge on any atom is -0.463 e. The van der Waals surface area contributed by atoms with E-state index in [0.29, 0.717) is 20.6 Å². The average molecular weight is 510 g/mol. The molecule has 0 bridgehead atoms. The van der Waals surface area contributed by atoms with Gasteiger partial charge in [0.2, 0.25) is 0 Å². The fourth-order valence-electron chi connectivity index (χ4n) is 4.41. The second-order valence-corrected chi connectivity index (χ2v) is 9.84. The Morgan fingerprint density at radius 1 is 1.00 bits per heavy atom. The van der Waals surface area contributed by atoms with Crippen LogP contribution in [0.25, 0.3) is 11.8 Å². The summed E-state index contributed by atoms with van der Waals surface area (Å²) in [5, 5.41) is 0. The summed E-state index contributed by atoms with van der Waals surface area (Å²) in [6.07, 6.45) is 1.88. The van der Waals surface area contributed by atoms with E-state index in [9.17, 15) is 9.59 Å². The third-order valence-corrected chi connectivity index (χ3v) is 7.18. The first-order chi connectivity index (χ1) is 18.0. The first-order valence-corrected chi connectivity index (χ1v) is 12.9. The summed E-state index contributed by atoms with van der Waals surface area (Å²) in [5.41, 5.74) is 4.29. The van der Waals surface area contributed by atoms with Gasteiger partial charge < -0.3 is 9.64 Å². The van der Waals surface area contributed by atoms with E-state index in [1.54, 1.807) is 11.5 Å². The predicted molar refractivity (Wildman–Crippen MR) is 148 cm³/mol. The van der Waals surface area contributed by atoms with Crippen LogP contribution in [-0.4, -0.2) is 31.2 Å². The Kier molecular flexibility index (Phi) is 6.88. The molecule has 0 fully saturated rings. The van der Waals surface area contributed by atoms with Gasteiger partial charge in [0.1, 0.15) is 0 Å². The van der Waals surface area contributed by atoms with Gasteiger partial charge >= 0.3 is 5.97 Å². The summed E-state index contributed by atoms with van der Waals surface area (Å²) in [4.78, 5) is 34.7. The highest BCUT2D eigenvalue weighted by atomic mass is 32.1. The minimum absolute atomic E-state index is 0.191. The molecule has 2 heterocycles. The van der Waals surface area contributed by atoms with Crippen molar-refractivity contribution in [1.29, 1.82) is 0 Å². The summed E-state index contributed by atoms with van der Waals surface area (Å²) >= 11 is 1.32. The van der Waals surface area contributed by atoms with Crippen molar-refractivity contribution in [2.45, 2.75) is 13.0 Å². The first kappa shape index (κ1) is 24.5. The Morgan fingerprint density at radius 2 is 1.65 bits per heavy atom. The third-order valence-electron chi connectivity index (χ3n) is 6.20. The molecule has 0 aliphatic carbocycles. The number of aromatic nitrogens is 1. The zero-order chi connectivity index (χ0) is 25.9. The topological polar surface area (TPSA) is 63.9 Å². The minimum atomic E-state index is -0.662. The molecule has 0 radical (unpaired) electrons. The van der Waals surface area contributed by atoms with Crippen LogP contribution in [0.5, 0.6) is 0 Å². The summed E-state index contributed by atoms with van der Waals surface area (Å²) in [6.45, 7) is 1.99. The highest BCUT2D eigenvalue weighted by Crippen LogP contribution is 2.35. The standard InChI is InChI=1S/C30H27N3O3S/c1-4-36-29(35)25-26(21-11-7-5-8-12-21)31-30-33(27(25)22-13-9-6-10-14-22)28(34)24(37-30)19-20-15-17-23(18-16-20)32(2)3/h5-19,27H,4H2,1-3H3/b24-19-/t27-/m1/s1. The van der Waals surface area contributed by atoms with Crippen LogP contribution < -0.4 is 19.8 Å². The lowest BCUT2D eigenvalue weighted by atomic mass is 9.93. The molecule has 5 rings (SSSR count). The molecule has 6 nitrogen and oxygen atoms in total. The van der Waals surface area contributed by atoms with Gasteiger partial charge in [-0.2, -0.15) is 0 Å². The fourth-order valence-corrected chi connectivity index (χ4v) is 5.41. The smallest absolute Gasteiger partial charge is 0.338 e. The number of nitrogens with zero attached hydrogens (tertiary/aromatic N) is 3. The van der Waals surface area contributed by atoms with Crippen LogP contribution in [0.2, 0.25) is 0 Å². The van der Waals surface area contributed by atoms with Crippen LogP contribution in [0.3, 0.4) is 0 Å². The maximum Gasteiger partial charge on any atom is 0.338 e. The molecular weight excluding hydrogens is 482 g/mol. The molecular formula is C30H27N3O3S. The van der Waals surface area contributed by atoms with Crippen LogP contribution in [0.4, 0.5) is 5.69 Å². The Labute approximate surface area is 219 Å². The molecule has 1 aliphatic rings. The number of ether oxygens (including phenoxy) is 1. The number of fused-ring (bicyclic) bond motifs is 1. The second-order valence-electron chi connectivity index (χ2n) is 8.83. The van der Waals surface area contributed by atoms with Crippen molar-refractivity contribution in [2.75, 3.05) is 25.6 Å². The normalized spacial score (nSPS) is 15.2. The van der Waals surface area contributed by atoms with Gasteiger partial charge in [-0.25, -0.2) is 9.79 Å². The highest BCUT2D eigenvalue weighted by molar-refractivity contribution is 7.07. The molecule has 1 atom stereocenters. The molecule has 0 amide bonds. The largest absolute Gasteiger partial charge is 0.463 e. The van der Waals surface area contributed by atoms with E-state index in [2.05, 4.69) is 0 Å². The van der Waals surface area contributed by atoms with Gasteiger partial charge in [-0.05, 0) is 36.3 Å². The maximum absolute atomic E-state index is 13.8. The van der Waals surface area contributed by atoms with Crippen molar-refractivity contribution >= 4 is 34.8 Å². The number of anilines is 1. The van der Waals surface area contributed by atoms with Crippen LogP contribution in [0.1, 0.15) is 29.7 Å². The summed E-state index contributed by atoms with van der Waals surface area (Å²) in [7, 11) is 3.98. The average Bonchev–Trinajstić information content (AvgIpc) is 3.23. The zero-order valence-corrected chi connectivity index (χ0v) is 21.7. The number of thiazole rings is 1. The summed E-state index contributed by atoms with van der Waals surface area (Å²) < 4.78 is 7.67. The SMILES string of the molecule is CCOC(=O)C1=C(c2ccccc2)N=c2s/c(=C\c3ccc(N(C)C)cc3)c(=O)n2[C@@H]1c1ccccc1. The summed E-state index contributed by atoms with van der Waals surface area (Å²) in [6, 6.07) is 26.5. The van der Waals surface area contributed by atoms with E-state index < -0.39 is 12.0 Å². The lowest BCUT2D eigenvalue weighted by Gasteiger charge is -2.25. The Balaban J connectivity index is 1.77. The van der Waals surface area contributed by atoms with E-state index in [4.69, 9.17) is 9.73 Å². The van der Waals surface area contributed by atoms with Crippen molar-refractivity contribution in [2.24, 2.45) is 4.99 Å². The molecule has 1 aliphatic heterocycles. The molecule has 0 saturated carbocycles. The van der Waals surface area contributed by atoms with Crippen molar-refractivity contribution in [3.8, 4) is 0 Å². The number of carbonyl (C=O) groups is 1. The van der Waals surface area contributed by atoms with E-state index in [1.165, 1.54) is 11.3 Å². The van der Waals surface area contributed by atoms with E-state index >= 15 is 0 Å². The predicted octanol–water partition coefficient (Wildman–Crippen LogP) is 4.00. The molecule has 37 heavy (non-hydrogen) atoms. The quantitative estimate of drug-likeness (QED) is 0.369. The van der Waals surface area contributed by atoms with E-state index in [1.807, 2.05) is 110 Å². The zero-order valence-electron chi connectivity index (χ0n) is 20.9. The van der Waals surface area contributed by atoms with Gasteiger partial charge in [-0.15, -0.1) is 0 Å². The maximum atomic E-state index is 13.8. The van der Waals surface area contributed by atoms with Crippen molar-refractivity contribution < 1.29 is 9.53 Å². The van der Waals surface area contributed by atoms with E-state index in [0.717, 1.165) is 22.4 Å². The molecule has 186 valence electrons. The van der Waals surface area contributed by atoms with E-state index in [-0.39, 0.29) is 12.2 Å². The van der Waals surface area contributed by atoms with Crippen LogP contribution >= 0.6 is 11.3 Å². The van der Waals surface area contributed by atoms with Crippen LogP contribution in [-0.2, 0) is 9.53 Å². The molecule has 7 heteroatoms. The van der Waals surface area contributed by atoms with Crippen molar-refractivity contribution in [1.82, 2.24) is 4.57 Å². The molecule has 0 spiro atoms. The second kappa shape index (κ2) is 10.4. The molecule has 1 aromatic heterocycles.